The Labute approximate surface area is 276 Å². The molecule has 1 fully saturated rings. The van der Waals surface area contributed by atoms with Crippen molar-refractivity contribution in [3.05, 3.63) is 104 Å². The highest BCUT2D eigenvalue weighted by atomic mass is 35.5. The predicted octanol–water partition coefficient (Wildman–Crippen LogP) is 6.49. The molecular formula is C35H38ClN3O6S. The van der Waals surface area contributed by atoms with Crippen LogP contribution in [0, 0.1) is 0 Å². The van der Waals surface area contributed by atoms with Crippen molar-refractivity contribution in [1.29, 1.82) is 0 Å². The Hall–Kier alpha value is -3.51. The number of carbonyl (C=O) groups excluding carboxylic acids is 1. The molecule has 0 spiro atoms. The first-order valence-electron chi connectivity index (χ1n) is 15.6. The number of hydrogen-bond donors (Lipinski definition) is 2. The Morgan fingerprint density at radius 3 is 2.80 bits per heavy atom. The van der Waals surface area contributed by atoms with Crippen LogP contribution in [0.5, 0.6) is 0 Å². The van der Waals surface area contributed by atoms with Crippen molar-refractivity contribution >= 4 is 50.0 Å². The molecular weight excluding hydrogens is 626 g/mol. The normalized spacial score (nSPS) is 16.0. The van der Waals surface area contributed by atoms with Crippen molar-refractivity contribution in [2.45, 2.75) is 57.7 Å². The van der Waals surface area contributed by atoms with Crippen molar-refractivity contribution in [3.63, 3.8) is 0 Å². The van der Waals surface area contributed by atoms with Crippen LogP contribution in [0.3, 0.4) is 0 Å². The number of aliphatic hydroxyl groups excluding tert-OH is 1. The zero-order valence-electron chi connectivity index (χ0n) is 25.7. The lowest BCUT2D eigenvalue weighted by atomic mass is 10.1. The van der Waals surface area contributed by atoms with E-state index in [-0.39, 0.29) is 23.8 Å². The van der Waals surface area contributed by atoms with E-state index in [4.69, 9.17) is 25.5 Å². The van der Waals surface area contributed by atoms with Gasteiger partial charge < -0.3 is 28.9 Å². The van der Waals surface area contributed by atoms with E-state index >= 15 is 0 Å². The van der Waals surface area contributed by atoms with Crippen LogP contribution in [0.1, 0.15) is 58.3 Å². The minimum atomic E-state index is -0.809. The van der Waals surface area contributed by atoms with Crippen LogP contribution in [-0.2, 0) is 29.1 Å². The number of para-hydroxylation sites is 1. The highest BCUT2D eigenvalue weighted by Crippen LogP contribution is 2.28. The second-order valence-electron chi connectivity index (χ2n) is 11.7. The number of fused-ring (bicyclic) bond motifs is 2. The molecule has 11 heteroatoms. The molecule has 9 nitrogen and oxygen atoms in total. The number of aryl methyl sites for hydroxylation is 1. The van der Waals surface area contributed by atoms with Gasteiger partial charge >= 0.3 is 0 Å². The van der Waals surface area contributed by atoms with E-state index in [2.05, 4.69) is 5.32 Å². The predicted molar refractivity (Wildman–Crippen MR) is 180 cm³/mol. The average molecular weight is 664 g/mol. The lowest BCUT2D eigenvalue weighted by Crippen LogP contribution is -2.29. The number of ether oxygens (including phenoxy) is 2. The van der Waals surface area contributed by atoms with Crippen LogP contribution in [0.4, 0.5) is 0 Å². The first-order valence-corrected chi connectivity index (χ1v) is 16.8. The summed E-state index contributed by atoms with van der Waals surface area (Å²) in [4.78, 5) is 30.7. The first kappa shape index (κ1) is 32.4. The van der Waals surface area contributed by atoms with E-state index in [0.29, 0.717) is 48.8 Å². The van der Waals surface area contributed by atoms with E-state index in [9.17, 15) is 14.7 Å². The molecule has 2 N–H and O–H groups in total. The van der Waals surface area contributed by atoms with Crippen molar-refractivity contribution in [2.75, 3.05) is 26.8 Å². The number of nitrogens with one attached hydrogen (secondary N) is 1. The molecule has 2 aromatic carbocycles. The fourth-order valence-corrected chi connectivity index (χ4v) is 7.04. The number of nitrogens with zero attached hydrogens (tertiary/aromatic N) is 2. The Morgan fingerprint density at radius 1 is 1.20 bits per heavy atom. The molecule has 0 aliphatic carbocycles. The van der Waals surface area contributed by atoms with E-state index in [0.717, 1.165) is 52.1 Å². The van der Waals surface area contributed by atoms with Crippen molar-refractivity contribution < 1.29 is 23.8 Å². The van der Waals surface area contributed by atoms with Gasteiger partial charge in [0.25, 0.3) is 5.91 Å². The number of furan rings is 1. The van der Waals surface area contributed by atoms with Crippen molar-refractivity contribution in [2.24, 2.45) is 0 Å². The van der Waals surface area contributed by atoms with Gasteiger partial charge in [0.2, 0.25) is 5.43 Å². The Balaban J connectivity index is 1.18. The molecule has 1 amide bonds. The fraction of sp³-hybridized carbons (Fsp3) is 0.371. The number of benzene rings is 2. The van der Waals surface area contributed by atoms with E-state index in [1.54, 1.807) is 18.3 Å². The van der Waals surface area contributed by atoms with Crippen LogP contribution in [0.2, 0.25) is 5.02 Å². The van der Waals surface area contributed by atoms with E-state index in [1.807, 2.05) is 65.0 Å². The van der Waals surface area contributed by atoms with Gasteiger partial charge in [-0.2, -0.15) is 0 Å². The minimum Gasteiger partial charge on any atom is -0.458 e. The smallest absolute Gasteiger partial charge is 0.257 e. The molecule has 46 heavy (non-hydrogen) atoms. The molecule has 6 rings (SSSR count). The summed E-state index contributed by atoms with van der Waals surface area (Å²) >= 11 is 7.51. The lowest BCUT2D eigenvalue weighted by molar-refractivity contribution is -0.162. The van der Waals surface area contributed by atoms with Gasteiger partial charge in [-0.25, -0.2) is 0 Å². The number of aromatic nitrogens is 1. The maximum Gasteiger partial charge on any atom is 0.257 e. The maximum absolute atomic E-state index is 13.7. The third kappa shape index (κ3) is 7.88. The Morgan fingerprint density at radius 2 is 2.02 bits per heavy atom. The zero-order valence-corrected chi connectivity index (χ0v) is 27.3. The summed E-state index contributed by atoms with van der Waals surface area (Å²) in [7, 11) is 1.92. The topological polar surface area (TPSA) is 106 Å². The SMILES string of the molecule is CN(Cc1cc2c(=O)c(C(=O)NCc3ccc(Cl)cc3)cn(CCCOC3CCCCO3)c2s1)CC(O)c1cc2ccccc2o1. The highest BCUT2D eigenvalue weighted by Gasteiger charge is 2.21. The number of pyridine rings is 1. The van der Waals surface area contributed by atoms with Crippen molar-refractivity contribution in [3.8, 4) is 0 Å². The summed E-state index contributed by atoms with van der Waals surface area (Å²) < 4.78 is 19.5. The molecule has 5 aromatic rings. The van der Waals surface area contributed by atoms with Gasteiger partial charge in [0, 0.05) is 54.3 Å². The molecule has 1 saturated heterocycles. The van der Waals surface area contributed by atoms with Gasteiger partial charge in [-0.05, 0) is 68.6 Å². The molecule has 1 aliphatic heterocycles. The molecule has 3 aromatic heterocycles. The number of aliphatic hydroxyl groups is 1. The van der Waals surface area contributed by atoms with Crippen LogP contribution in [0.15, 0.2) is 76.1 Å². The van der Waals surface area contributed by atoms with Gasteiger partial charge in [-0.1, -0.05) is 41.9 Å². The first-order chi connectivity index (χ1) is 22.3. The summed E-state index contributed by atoms with van der Waals surface area (Å²) in [5, 5.41) is 15.8. The molecule has 1 aliphatic rings. The monoisotopic (exact) mass is 663 g/mol. The molecule has 2 unspecified atom stereocenters. The number of thiophene rings is 1. The minimum absolute atomic E-state index is 0.0935. The number of amides is 1. The third-order valence-corrected chi connectivity index (χ3v) is 9.49. The Kier molecular flexibility index (Phi) is 10.5. The van der Waals surface area contributed by atoms with Crippen LogP contribution in [0.25, 0.3) is 21.2 Å². The second kappa shape index (κ2) is 14.9. The van der Waals surface area contributed by atoms with Crippen LogP contribution < -0.4 is 10.7 Å². The summed E-state index contributed by atoms with van der Waals surface area (Å²) in [6.45, 7) is 2.93. The molecule has 242 valence electrons. The number of carbonyl (C=O) groups is 1. The molecule has 2 atom stereocenters. The van der Waals surface area contributed by atoms with Gasteiger partial charge in [0.05, 0.1) is 12.0 Å². The standard InChI is InChI=1S/C35H38ClN3O6S/c1-38(22-29(40)31-17-24-7-2-3-8-30(24)45-31)20-26-18-27-33(41)28(34(42)37-19-23-10-12-25(36)13-11-23)21-39(35(27)46-26)14-6-16-44-32-9-4-5-15-43-32/h2-3,7-8,10-13,17-18,21,29,32,40H,4-6,9,14-16,19-20,22H2,1H3,(H,37,42). The van der Waals surface area contributed by atoms with Gasteiger partial charge in [-0.3, -0.25) is 14.5 Å². The van der Waals surface area contributed by atoms with E-state index < -0.39 is 12.0 Å². The van der Waals surface area contributed by atoms with Crippen LogP contribution >= 0.6 is 22.9 Å². The number of halogens is 1. The third-order valence-electron chi connectivity index (χ3n) is 8.08. The number of rotatable bonds is 13. The summed E-state index contributed by atoms with van der Waals surface area (Å²) in [6.07, 6.45) is 4.43. The van der Waals surface area contributed by atoms with Gasteiger partial charge in [0.1, 0.15) is 27.8 Å². The highest BCUT2D eigenvalue weighted by molar-refractivity contribution is 7.18. The second-order valence-corrected chi connectivity index (χ2v) is 13.3. The molecule has 0 radical (unpaired) electrons. The summed E-state index contributed by atoms with van der Waals surface area (Å²) in [5.74, 6) is 0.0838. The quantitative estimate of drug-likeness (QED) is 0.139. The zero-order chi connectivity index (χ0) is 32.0. The molecule has 0 saturated carbocycles. The van der Waals surface area contributed by atoms with Crippen LogP contribution in [-0.4, -0.2) is 53.6 Å². The largest absolute Gasteiger partial charge is 0.458 e. The average Bonchev–Trinajstić information content (AvgIpc) is 3.69. The Bertz CT molecular complexity index is 1810. The summed E-state index contributed by atoms with van der Waals surface area (Å²) in [5.41, 5.74) is 1.41. The van der Waals surface area contributed by atoms with Crippen molar-refractivity contribution in [1.82, 2.24) is 14.8 Å². The van der Waals surface area contributed by atoms with Gasteiger partial charge in [-0.15, -0.1) is 11.3 Å². The number of likely N-dealkylation sites (N-methyl/N-ethyl adjacent to an activating group) is 1. The lowest BCUT2D eigenvalue weighted by Gasteiger charge is -2.22. The van der Waals surface area contributed by atoms with Gasteiger partial charge in [0.15, 0.2) is 6.29 Å². The number of hydrogen-bond acceptors (Lipinski definition) is 8. The summed E-state index contributed by atoms with van der Waals surface area (Å²) in [6, 6.07) is 18.6. The molecule has 4 heterocycles. The van der Waals surface area contributed by atoms with E-state index in [1.165, 1.54) is 11.3 Å². The molecule has 0 bridgehead atoms. The fourth-order valence-electron chi connectivity index (χ4n) is 5.69. The maximum atomic E-state index is 13.7.